The first-order chi connectivity index (χ1) is 12.9. The molecule has 1 N–H and O–H groups in total. The maximum absolute atomic E-state index is 12.5. The molecular formula is C21H21N3O3. The third kappa shape index (κ3) is 3.89. The number of amides is 1. The van der Waals surface area contributed by atoms with E-state index in [9.17, 15) is 9.59 Å². The summed E-state index contributed by atoms with van der Waals surface area (Å²) in [7, 11) is 3.44. The smallest absolute Gasteiger partial charge is 0.276 e. The van der Waals surface area contributed by atoms with Crippen molar-refractivity contribution >= 4 is 17.4 Å². The molecule has 0 aliphatic carbocycles. The molecule has 0 atom stereocenters. The number of benzene rings is 2. The van der Waals surface area contributed by atoms with Gasteiger partial charge >= 0.3 is 0 Å². The quantitative estimate of drug-likeness (QED) is 0.699. The summed E-state index contributed by atoms with van der Waals surface area (Å²) < 4.78 is 6.97. The minimum Gasteiger partial charge on any atom is -0.496 e. The standard InChI is InChI=1S/C21H21N3O3/c1-13-11-16(7-10-20(13)27-4)19-12-18(23-24(19)3)21(26)22-17-8-5-15(6-9-17)14(2)25/h5-12H,1-4H3,(H,22,26). The van der Waals surface area contributed by atoms with E-state index in [-0.39, 0.29) is 11.7 Å². The fourth-order valence-electron chi connectivity index (χ4n) is 2.87. The van der Waals surface area contributed by atoms with E-state index in [1.807, 2.05) is 25.1 Å². The third-order valence-corrected chi connectivity index (χ3v) is 4.35. The Hall–Kier alpha value is -3.41. The molecule has 27 heavy (non-hydrogen) atoms. The zero-order valence-corrected chi connectivity index (χ0v) is 15.7. The first-order valence-electron chi connectivity index (χ1n) is 8.50. The number of carbonyl (C=O) groups excluding carboxylic acids is 2. The lowest BCUT2D eigenvalue weighted by molar-refractivity contribution is 0.101. The van der Waals surface area contributed by atoms with E-state index < -0.39 is 0 Å². The van der Waals surface area contributed by atoms with Gasteiger partial charge in [0.25, 0.3) is 5.91 Å². The van der Waals surface area contributed by atoms with Crippen molar-refractivity contribution in [1.82, 2.24) is 9.78 Å². The number of aryl methyl sites for hydroxylation is 2. The maximum Gasteiger partial charge on any atom is 0.276 e. The van der Waals surface area contributed by atoms with E-state index in [0.29, 0.717) is 16.9 Å². The van der Waals surface area contributed by atoms with Crippen molar-refractivity contribution in [2.45, 2.75) is 13.8 Å². The van der Waals surface area contributed by atoms with Gasteiger partial charge in [0.1, 0.15) is 5.75 Å². The van der Waals surface area contributed by atoms with E-state index in [1.54, 1.807) is 49.2 Å². The van der Waals surface area contributed by atoms with Crippen LogP contribution in [0.5, 0.6) is 5.75 Å². The van der Waals surface area contributed by atoms with Crippen LogP contribution in [0.15, 0.2) is 48.5 Å². The molecule has 0 spiro atoms. The second-order valence-corrected chi connectivity index (χ2v) is 6.31. The average molecular weight is 363 g/mol. The van der Waals surface area contributed by atoms with Gasteiger partial charge in [-0.05, 0) is 67.9 Å². The third-order valence-electron chi connectivity index (χ3n) is 4.35. The second kappa shape index (κ2) is 7.45. The predicted octanol–water partition coefficient (Wildman–Crippen LogP) is 3.86. The van der Waals surface area contributed by atoms with Crippen molar-refractivity contribution in [2.24, 2.45) is 7.05 Å². The number of nitrogens with one attached hydrogen (secondary N) is 1. The molecule has 0 aliphatic heterocycles. The molecule has 6 nitrogen and oxygen atoms in total. The number of anilines is 1. The molecule has 0 saturated carbocycles. The van der Waals surface area contributed by atoms with Gasteiger partial charge in [0.15, 0.2) is 11.5 Å². The van der Waals surface area contributed by atoms with E-state index >= 15 is 0 Å². The maximum atomic E-state index is 12.5. The number of hydrogen-bond donors (Lipinski definition) is 1. The van der Waals surface area contributed by atoms with Crippen molar-refractivity contribution in [3.05, 3.63) is 65.4 Å². The molecule has 1 aromatic heterocycles. The molecule has 0 saturated heterocycles. The van der Waals surface area contributed by atoms with Gasteiger partial charge in [-0.2, -0.15) is 5.10 Å². The number of ketones is 1. The average Bonchev–Trinajstić information content (AvgIpc) is 3.04. The van der Waals surface area contributed by atoms with Gasteiger partial charge in [-0.15, -0.1) is 0 Å². The van der Waals surface area contributed by atoms with Gasteiger partial charge in [-0.1, -0.05) is 0 Å². The summed E-state index contributed by atoms with van der Waals surface area (Å²) in [6.45, 7) is 3.47. The van der Waals surface area contributed by atoms with Gasteiger partial charge in [-0.3, -0.25) is 14.3 Å². The van der Waals surface area contributed by atoms with Gasteiger partial charge in [0.05, 0.1) is 12.8 Å². The molecule has 3 aromatic rings. The van der Waals surface area contributed by atoms with Crippen molar-refractivity contribution in [3.63, 3.8) is 0 Å². The highest BCUT2D eigenvalue weighted by molar-refractivity contribution is 6.04. The fraction of sp³-hybridized carbons (Fsp3) is 0.190. The van der Waals surface area contributed by atoms with Crippen LogP contribution in [0.2, 0.25) is 0 Å². The van der Waals surface area contributed by atoms with Gasteiger partial charge in [0, 0.05) is 23.9 Å². The van der Waals surface area contributed by atoms with Gasteiger partial charge in [0.2, 0.25) is 0 Å². The summed E-state index contributed by atoms with van der Waals surface area (Å²) in [4.78, 5) is 23.9. The van der Waals surface area contributed by atoms with Crippen molar-refractivity contribution in [3.8, 4) is 17.0 Å². The Morgan fingerprint density at radius 2 is 1.78 bits per heavy atom. The first kappa shape index (κ1) is 18.4. The highest BCUT2D eigenvalue weighted by Gasteiger charge is 2.15. The molecule has 0 bridgehead atoms. The van der Waals surface area contributed by atoms with Gasteiger partial charge in [-0.25, -0.2) is 0 Å². The number of aromatic nitrogens is 2. The van der Waals surface area contributed by atoms with Crippen LogP contribution in [0.3, 0.4) is 0 Å². The topological polar surface area (TPSA) is 73.2 Å². The summed E-state index contributed by atoms with van der Waals surface area (Å²) in [5.74, 6) is 0.489. The second-order valence-electron chi connectivity index (χ2n) is 6.31. The number of ether oxygens (including phenoxy) is 1. The van der Waals surface area contributed by atoms with Crippen molar-refractivity contribution in [2.75, 3.05) is 12.4 Å². The number of carbonyl (C=O) groups is 2. The monoisotopic (exact) mass is 363 g/mol. The number of rotatable bonds is 5. The minimum absolute atomic E-state index is 0.0166. The highest BCUT2D eigenvalue weighted by Crippen LogP contribution is 2.26. The Morgan fingerprint density at radius 1 is 1.07 bits per heavy atom. The Kier molecular flexibility index (Phi) is 5.07. The molecular weight excluding hydrogens is 342 g/mol. The van der Waals surface area contributed by atoms with Crippen LogP contribution in [0.25, 0.3) is 11.3 Å². The van der Waals surface area contributed by atoms with Crippen LogP contribution in [-0.4, -0.2) is 28.6 Å². The lowest BCUT2D eigenvalue weighted by atomic mass is 10.1. The largest absolute Gasteiger partial charge is 0.496 e. The molecule has 2 aromatic carbocycles. The number of methoxy groups -OCH3 is 1. The summed E-state index contributed by atoms with van der Waals surface area (Å²) in [5.41, 5.74) is 4.32. The highest BCUT2D eigenvalue weighted by atomic mass is 16.5. The first-order valence-corrected chi connectivity index (χ1v) is 8.50. The van der Waals surface area contributed by atoms with Crippen molar-refractivity contribution < 1.29 is 14.3 Å². The van der Waals surface area contributed by atoms with E-state index in [0.717, 1.165) is 22.6 Å². The van der Waals surface area contributed by atoms with E-state index in [4.69, 9.17) is 4.74 Å². The Balaban J connectivity index is 1.82. The SMILES string of the molecule is COc1ccc(-c2cc(C(=O)Nc3ccc(C(C)=O)cc3)nn2C)cc1C. The molecule has 0 unspecified atom stereocenters. The van der Waals surface area contributed by atoms with Crippen LogP contribution in [0.1, 0.15) is 33.3 Å². The Morgan fingerprint density at radius 3 is 2.37 bits per heavy atom. The molecule has 6 heteroatoms. The summed E-state index contributed by atoms with van der Waals surface area (Å²) in [5, 5.41) is 7.12. The fourth-order valence-corrected chi connectivity index (χ4v) is 2.87. The lowest BCUT2D eigenvalue weighted by Crippen LogP contribution is -2.13. The number of Topliss-reactive ketones (excluding diaryl/α,β-unsaturated/α-hetero) is 1. The molecule has 0 radical (unpaired) electrons. The zero-order valence-electron chi connectivity index (χ0n) is 15.7. The molecule has 1 amide bonds. The van der Waals surface area contributed by atoms with Gasteiger partial charge < -0.3 is 10.1 Å². The molecule has 0 fully saturated rings. The van der Waals surface area contributed by atoms with Crippen LogP contribution in [0, 0.1) is 6.92 Å². The summed E-state index contributed by atoms with van der Waals surface area (Å²) in [6.07, 6.45) is 0. The molecule has 0 aliphatic rings. The lowest BCUT2D eigenvalue weighted by Gasteiger charge is -2.07. The van der Waals surface area contributed by atoms with E-state index in [1.165, 1.54) is 6.92 Å². The van der Waals surface area contributed by atoms with E-state index in [2.05, 4.69) is 10.4 Å². The van der Waals surface area contributed by atoms with Crippen molar-refractivity contribution in [1.29, 1.82) is 0 Å². The Labute approximate surface area is 157 Å². The normalized spacial score (nSPS) is 10.5. The molecule has 1 heterocycles. The number of nitrogens with zero attached hydrogens (tertiary/aromatic N) is 2. The minimum atomic E-state index is -0.308. The van der Waals surface area contributed by atoms with Crippen LogP contribution >= 0.6 is 0 Å². The zero-order chi connectivity index (χ0) is 19.6. The summed E-state index contributed by atoms with van der Waals surface area (Å²) >= 11 is 0. The Bertz CT molecular complexity index is 1000. The van der Waals surface area contributed by atoms with Crippen LogP contribution in [-0.2, 0) is 7.05 Å². The van der Waals surface area contributed by atoms with Crippen LogP contribution < -0.4 is 10.1 Å². The molecule has 3 rings (SSSR count). The number of hydrogen-bond acceptors (Lipinski definition) is 4. The predicted molar refractivity (Wildman–Crippen MR) is 104 cm³/mol. The van der Waals surface area contributed by atoms with Crippen LogP contribution in [0.4, 0.5) is 5.69 Å². The summed E-state index contributed by atoms with van der Waals surface area (Å²) in [6, 6.07) is 14.3. The molecule has 138 valence electrons.